The number of hydrogen-bond acceptors (Lipinski definition) is 5. The molecule has 1 aromatic heterocycles. The Morgan fingerprint density at radius 3 is 2.68 bits per heavy atom. The van der Waals surface area contributed by atoms with E-state index in [0.717, 1.165) is 38.4 Å². The van der Waals surface area contributed by atoms with E-state index in [1.54, 1.807) is 0 Å². The summed E-state index contributed by atoms with van der Waals surface area (Å²) in [5.74, 6) is 0.615. The van der Waals surface area contributed by atoms with Crippen molar-refractivity contribution >= 4 is 11.7 Å². The van der Waals surface area contributed by atoms with Crippen LogP contribution in [-0.2, 0) is 11.3 Å². The summed E-state index contributed by atoms with van der Waals surface area (Å²) < 4.78 is 1.33. The van der Waals surface area contributed by atoms with Gasteiger partial charge >= 0.3 is 5.82 Å². The highest BCUT2D eigenvalue weighted by atomic mass is 16.6. The highest BCUT2D eigenvalue weighted by molar-refractivity contribution is 5.76. The van der Waals surface area contributed by atoms with Crippen molar-refractivity contribution in [2.24, 2.45) is 5.92 Å². The smallest absolute Gasteiger partial charge is 0.358 e. The molecule has 8 nitrogen and oxygen atoms in total. The molecule has 2 heterocycles. The third-order valence-electron chi connectivity index (χ3n) is 4.35. The van der Waals surface area contributed by atoms with E-state index in [9.17, 15) is 14.9 Å². The molecular formula is C14H21N5O3. The average Bonchev–Trinajstić information content (AvgIpc) is 3.23. The van der Waals surface area contributed by atoms with Gasteiger partial charge in [0.1, 0.15) is 6.54 Å². The van der Waals surface area contributed by atoms with Crippen molar-refractivity contribution in [1.82, 2.24) is 20.0 Å². The molecule has 3 rings (SSSR count). The number of hydrogen-bond donors (Lipinski definition) is 1. The maximum atomic E-state index is 12.2. The molecule has 0 radical (unpaired) electrons. The zero-order chi connectivity index (χ0) is 15.5. The first-order chi connectivity index (χ1) is 10.6. The highest BCUT2D eigenvalue weighted by Gasteiger charge is 2.26. The van der Waals surface area contributed by atoms with Crippen molar-refractivity contribution in [3.05, 3.63) is 22.4 Å². The van der Waals surface area contributed by atoms with Gasteiger partial charge in [0.2, 0.25) is 5.91 Å². The first-order valence-corrected chi connectivity index (χ1v) is 7.81. The molecule has 22 heavy (non-hydrogen) atoms. The molecule has 1 amide bonds. The summed E-state index contributed by atoms with van der Waals surface area (Å²) in [7, 11) is 0. The van der Waals surface area contributed by atoms with Gasteiger partial charge in [-0.05, 0) is 43.1 Å². The summed E-state index contributed by atoms with van der Waals surface area (Å²) in [6.45, 7) is 2.65. The van der Waals surface area contributed by atoms with Crippen molar-refractivity contribution in [2.75, 3.05) is 19.6 Å². The fourth-order valence-corrected chi connectivity index (χ4v) is 2.76. The van der Waals surface area contributed by atoms with Crippen LogP contribution in [0.15, 0.2) is 12.3 Å². The number of amides is 1. The lowest BCUT2D eigenvalue weighted by molar-refractivity contribution is -0.389. The molecule has 8 heteroatoms. The van der Waals surface area contributed by atoms with Gasteiger partial charge in [0, 0.05) is 19.1 Å². The van der Waals surface area contributed by atoms with Gasteiger partial charge < -0.3 is 20.3 Å². The van der Waals surface area contributed by atoms with Crippen molar-refractivity contribution in [3.8, 4) is 0 Å². The van der Waals surface area contributed by atoms with Crippen LogP contribution in [0.1, 0.15) is 25.7 Å². The van der Waals surface area contributed by atoms with E-state index in [1.165, 1.54) is 29.8 Å². The summed E-state index contributed by atoms with van der Waals surface area (Å²) in [6.07, 6.45) is 6.11. The van der Waals surface area contributed by atoms with Gasteiger partial charge in [-0.2, -0.15) is 4.68 Å². The Morgan fingerprint density at radius 1 is 1.36 bits per heavy atom. The van der Waals surface area contributed by atoms with Gasteiger partial charge in [0.05, 0.1) is 17.4 Å². The first kappa shape index (κ1) is 15.0. The SMILES string of the molecule is O=C(Cn1ccc([N+](=O)[O-])n1)N1CCC(NCC2CC2)CC1. The lowest BCUT2D eigenvalue weighted by atomic mass is 10.0. The second-order valence-corrected chi connectivity index (χ2v) is 6.14. The summed E-state index contributed by atoms with van der Waals surface area (Å²) in [4.78, 5) is 24.0. The molecule has 1 saturated carbocycles. The predicted octanol–water partition coefficient (Wildman–Crippen LogP) is 0.782. The van der Waals surface area contributed by atoms with Crippen molar-refractivity contribution in [2.45, 2.75) is 38.3 Å². The predicted molar refractivity (Wildman–Crippen MR) is 79.2 cm³/mol. The summed E-state index contributed by atoms with van der Waals surface area (Å²) in [5.41, 5.74) is 0. The second kappa shape index (κ2) is 6.43. The van der Waals surface area contributed by atoms with Gasteiger partial charge in [-0.25, -0.2) is 0 Å². The van der Waals surface area contributed by atoms with Gasteiger partial charge in [0.15, 0.2) is 0 Å². The summed E-state index contributed by atoms with van der Waals surface area (Å²) in [6, 6.07) is 1.82. The largest absolute Gasteiger partial charge is 0.389 e. The number of aromatic nitrogens is 2. The van der Waals surface area contributed by atoms with Crippen LogP contribution in [0.3, 0.4) is 0 Å². The second-order valence-electron chi connectivity index (χ2n) is 6.14. The number of carbonyl (C=O) groups excluding carboxylic acids is 1. The minimum absolute atomic E-state index is 0.0290. The Kier molecular flexibility index (Phi) is 4.37. The van der Waals surface area contributed by atoms with Crippen LogP contribution in [0, 0.1) is 16.0 Å². The molecule has 1 saturated heterocycles. The van der Waals surface area contributed by atoms with Crippen LogP contribution in [0.5, 0.6) is 0 Å². The number of nitro groups is 1. The number of carbonyl (C=O) groups is 1. The molecule has 0 bridgehead atoms. The maximum Gasteiger partial charge on any atom is 0.389 e. The topological polar surface area (TPSA) is 93.3 Å². The van der Waals surface area contributed by atoms with Crippen LogP contribution < -0.4 is 5.32 Å². The van der Waals surface area contributed by atoms with E-state index in [0.29, 0.717) is 6.04 Å². The van der Waals surface area contributed by atoms with Crippen LogP contribution >= 0.6 is 0 Å². The number of piperidine rings is 1. The molecule has 0 aromatic carbocycles. The van der Waals surface area contributed by atoms with Crippen molar-refractivity contribution < 1.29 is 9.72 Å². The lowest BCUT2D eigenvalue weighted by Gasteiger charge is -2.32. The van der Waals surface area contributed by atoms with Gasteiger partial charge in [-0.15, -0.1) is 0 Å². The maximum absolute atomic E-state index is 12.2. The van der Waals surface area contributed by atoms with E-state index in [1.807, 2.05) is 4.90 Å². The monoisotopic (exact) mass is 307 g/mol. The third-order valence-corrected chi connectivity index (χ3v) is 4.35. The Balaban J connectivity index is 1.43. The fraction of sp³-hybridized carbons (Fsp3) is 0.714. The quantitative estimate of drug-likeness (QED) is 0.619. The number of rotatable bonds is 6. The molecule has 0 atom stereocenters. The number of likely N-dealkylation sites (tertiary alicyclic amines) is 1. The summed E-state index contributed by atoms with van der Waals surface area (Å²) >= 11 is 0. The Hall–Kier alpha value is -1.96. The molecule has 120 valence electrons. The minimum atomic E-state index is -0.558. The van der Waals surface area contributed by atoms with Crippen LogP contribution in [-0.4, -0.2) is 51.2 Å². The van der Waals surface area contributed by atoms with E-state index >= 15 is 0 Å². The highest BCUT2D eigenvalue weighted by Crippen LogP contribution is 2.28. The molecule has 0 spiro atoms. The minimum Gasteiger partial charge on any atom is -0.358 e. The zero-order valence-corrected chi connectivity index (χ0v) is 12.5. The lowest BCUT2D eigenvalue weighted by Crippen LogP contribution is -2.46. The zero-order valence-electron chi connectivity index (χ0n) is 12.5. The molecule has 0 unspecified atom stereocenters. The van der Waals surface area contributed by atoms with Gasteiger partial charge in [0.25, 0.3) is 0 Å². The third kappa shape index (κ3) is 3.82. The van der Waals surface area contributed by atoms with Crippen LogP contribution in [0.25, 0.3) is 0 Å². The van der Waals surface area contributed by atoms with E-state index in [2.05, 4.69) is 10.4 Å². The number of nitrogens with one attached hydrogen (secondary N) is 1. The Bertz CT molecular complexity index is 546. The molecule has 1 N–H and O–H groups in total. The first-order valence-electron chi connectivity index (χ1n) is 7.81. The molecule has 2 aliphatic rings. The van der Waals surface area contributed by atoms with E-state index in [4.69, 9.17) is 0 Å². The van der Waals surface area contributed by atoms with Crippen molar-refractivity contribution in [1.29, 1.82) is 0 Å². The summed E-state index contributed by atoms with van der Waals surface area (Å²) in [5, 5.41) is 17.9. The number of nitrogens with zero attached hydrogens (tertiary/aromatic N) is 4. The standard InChI is InChI=1S/C14H21N5O3/c20-14(10-18-8-5-13(16-18)19(21)22)17-6-3-12(4-7-17)15-9-11-1-2-11/h5,8,11-12,15H,1-4,6-7,9-10H2. The average molecular weight is 307 g/mol. The molecule has 1 aliphatic carbocycles. The van der Waals surface area contributed by atoms with Crippen molar-refractivity contribution in [3.63, 3.8) is 0 Å². The Morgan fingerprint density at radius 2 is 2.09 bits per heavy atom. The molecular weight excluding hydrogens is 286 g/mol. The fourth-order valence-electron chi connectivity index (χ4n) is 2.76. The normalized spacial score (nSPS) is 19.4. The van der Waals surface area contributed by atoms with Crippen LogP contribution in [0.4, 0.5) is 5.82 Å². The van der Waals surface area contributed by atoms with Crippen LogP contribution in [0.2, 0.25) is 0 Å². The Labute approximate surface area is 128 Å². The van der Waals surface area contributed by atoms with Gasteiger partial charge in [-0.1, -0.05) is 0 Å². The van der Waals surface area contributed by atoms with E-state index < -0.39 is 4.92 Å². The van der Waals surface area contributed by atoms with E-state index in [-0.39, 0.29) is 18.3 Å². The molecule has 1 aliphatic heterocycles. The molecule has 2 fully saturated rings. The van der Waals surface area contributed by atoms with Gasteiger partial charge in [-0.3, -0.25) is 4.79 Å². The molecule has 1 aromatic rings.